The van der Waals surface area contributed by atoms with Crippen molar-refractivity contribution < 1.29 is 23.4 Å². The standard InChI is InChI=1S/C22H23ClF2N2O3/c23-18-13-16(3-6-20(18)30-22(24)25)27-12-9-19(21(27)29)26-10-7-15(8-11-26)14-1-4-17(28)5-2-14/h1-6,13,15,19,22,28H,7-12H2/t19-/m1/s1. The average molecular weight is 437 g/mol. The van der Waals surface area contributed by atoms with Crippen molar-refractivity contribution in [1.29, 1.82) is 0 Å². The van der Waals surface area contributed by atoms with Crippen LogP contribution in [0.4, 0.5) is 14.5 Å². The number of phenols is 1. The lowest BCUT2D eigenvalue weighted by Crippen LogP contribution is -2.45. The zero-order valence-corrected chi connectivity index (χ0v) is 17.1. The number of halogens is 3. The fourth-order valence-corrected chi connectivity index (χ4v) is 4.62. The van der Waals surface area contributed by atoms with Gasteiger partial charge in [0.1, 0.15) is 11.5 Å². The molecular weight excluding hydrogens is 414 g/mol. The van der Waals surface area contributed by atoms with Crippen molar-refractivity contribution >= 4 is 23.2 Å². The lowest BCUT2D eigenvalue weighted by Gasteiger charge is -2.35. The van der Waals surface area contributed by atoms with E-state index in [1.54, 1.807) is 23.1 Å². The average Bonchev–Trinajstić information content (AvgIpc) is 3.11. The minimum absolute atomic E-state index is 0.0108. The summed E-state index contributed by atoms with van der Waals surface area (Å²) in [4.78, 5) is 16.9. The SMILES string of the molecule is O=C1[C@H](N2CCC(c3ccc(O)cc3)CC2)CCN1c1ccc(OC(F)F)c(Cl)c1. The fourth-order valence-electron chi connectivity index (χ4n) is 4.40. The quantitative estimate of drug-likeness (QED) is 0.742. The number of hydrogen-bond donors (Lipinski definition) is 1. The molecule has 160 valence electrons. The normalized spacial score (nSPS) is 20.9. The van der Waals surface area contributed by atoms with Gasteiger partial charge < -0.3 is 14.7 Å². The first-order chi connectivity index (χ1) is 14.4. The Morgan fingerprint density at radius 2 is 1.73 bits per heavy atom. The van der Waals surface area contributed by atoms with Crippen LogP contribution in [0.3, 0.4) is 0 Å². The van der Waals surface area contributed by atoms with Gasteiger partial charge in [0.05, 0.1) is 11.1 Å². The summed E-state index contributed by atoms with van der Waals surface area (Å²) in [5, 5.41) is 9.51. The Labute approximate surface area is 178 Å². The molecule has 2 aliphatic heterocycles. The van der Waals surface area contributed by atoms with Gasteiger partial charge in [-0.3, -0.25) is 9.69 Å². The van der Waals surface area contributed by atoms with Gasteiger partial charge in [-0.05, 0) is 74.2 Å². The number of aromatic hydroxyl groups is 1. The molecule has 8 heteroatoms. The molecule has 0 saturated carbocycles. The highest BCUT2D eigenvalue weighted by Gasteiger charge is 2.38. The van der Waals surface area contributed by atoms with Gasteiger partial charge in [-0.2, -0.15) is 8.78 Å². The molecule has 2 aliphatic rings. The fraction of sp³-hybridized carbons (Fsp3) is 0.409. The lowest BCUT2D eigenvalue weighted by molar-refractivity contribution is -0.122. The molecule has 0 bridgehead atoms. The molecule has 1 N–H and O–H groups in total. The Morgan fingerprint density at radius 3 is 2.37 bits per heavy atom. The maximum absolute atomic E-state index is 13.0. The van der Waals surface area contributed by atoms with Crippen LogP contribution in [0.1, 0.15) is 30.7 Å². The summed E-state index contributed by atoms with van der Waals surface area (Å²) in [7, 11) is 0. The number of amides is 1. The van der Waals surface area contributed by atoms with Crippen molar-refractivity contribution in [2.24, 2.45) is 0 Å². The van der Waals surface area contributed by atoms with Crippen LogP contribution in [-0.4, -0.2) is 48.2 Å². The van der Waals surface area contributed by atoms with Gasteiger partial charge in [-0.15, -0.1) is 0 Å². The Balaban J connectivity index is 1.38. The number of carbonyl (C=O) groups is 1. The van der Waals surface area contributed by atoms with E-state index in [4.69, 9.17) is 11.6 Å². The van der Waals surface area contributed by atoms with Crippen LogP contribution in [0.25, 0.3) is 0 Å². The highest BCUT2D eigenvalue weighted by Crippen LogP contribution is 2.35. The molecule has 0 aliphatic carbocycles. The van der Waals surface area contributed by atoms with E-state index >= 15 is 0 Å². The number of anilines is 1. The van der Waals surface area contributed by atoms with Gasteiger partial charge >= 0.3 is 6.61 Å². The predicted octanol–water partition coefficient (Wildman–Crippen LogP) is 4.63. The van der Waals surface area contributed by atoms with Crippen LogP contribution in [-0.2, 0) is 4.79 Å². The number of likely N-dealkylation sites (tertiary alicyclic amines) is 1. The van der Waals surface area contributed by atoms with E-state index in [1.165, 1.54) is 17.7 Å². The van der Waals surface area contributed by atoms with Crippen molar-refractivity contribution in [3.05, 3.63) is 53.1 Å². The van der Waals surface area contributed by atoms with Gasteiger partial charge in [0.15, 0.2) is 0 Å². The number of alkyl halides is 2. The van der Waals surface area contributed by atoms with E-state index < -0.39 is 6.61 Å². The molecule has 2 aromatic rings. The molecule has 1 atom stereocenters. The van der Waals surface area contributed by atoms with Crippen molar-refractivity contribution in [3.63, 3.8) is 0 Å². The predicted molar refractivity (Wildman–Crippen MR) is 110 cm³/mol. The second-order valence-electron chi connectivity index (χ2n) is 7.69. The Bertz CT molecular complexity index is 902. The molecule has 2 heterocycles. The van der Waals surface area contributed by atoms with Crippen LogP contribution >= 0.6 is 11.6 Å². The second-order valence-corrected chi connectivity index (χ2v) is 8.10. The number of piperidine rings is 1. The summed E-state index contributed by atoms with van der Waals surface area (Å²) < 4.78 is 29.2. The zero-order chi connectivity index (χ0) is 21.3. The van der Waals surface area contributed by atoms with E-state index in [2.05, 4.69) is 9.64 Å². The third kappa shape index (κ3) is 4.37. The van der Waals surface area contributed by atoms with Gasteiger partial charge in [0.2, 0.25) is 5.91 Å². The molecular formula is C22H23ClF2N2O3. The molecule has 5 nitrogen and oxygen atoms in total. The molecule has 4 rings (SSSR count). The summed E-state index contributed by atoms with van der Waals surface area (Å²) in [6, 6.07) is 11.6. The first-order valence-electron chi connectivity index (χ1n) is 10.0. The van der Waals surface area contributed by atoms with Gasteiger partial charge in [0, 0.05) is 12.2 Å². The molecule has 0 aromatic heterocycles. The Kier molecular flexibility index (Phi) is 6.11. The third-order valence-corrected chi connectivity index (χ3v) is 6.25. The van der Waals surface area contributed by atoms with Crippen LogP contribution < -0.4 is 9.64 Å². The second kappa shape index (κ2) is 8.78. The van der Waals surface area contributed by atoms with E-state index in [0.717, 1.165) is 32.4 Å². The number of benzene rings is 2. The highest BCUT2D eigenvalue weighted by molar-refractivity contribution is 6.32. The van der Waals surface area contributed by atoms with Crippen molar-refractivity contribution in [2.45, 2.75) is 37.8 Å². The molecule has 2 aromatic carbocycles. The lowest BCUT2D eigenvalue weighted by atomic mass is 9.89. The van der Waals surface area contributed by atoms with Gasteiger partial charge in [0.25, 0.3) is 0 Å². The number of nitrogens with zero attached hydrogens (tertiary/aromatic N) is 2. The molecule has 1 amide bonds. The van der Waals surface area contributed by atoms with Gasteiger partial charge in [-0.25, -0.2) is 0 Å². The van der Waals surface area contributed by atoms with E-state index in [-0.39, 0.29) is 28.5 Å². The van der Waals surface area contributed by atoms with Crippen LogP contribution in [0, 0.1) is 0 Å². The van der Waals surface area contributed by atoms with Crippen molar-refractivity contribution in [3.8, 4) is 11.5 Å². The zero-order valence-electron chi connectivity index (χ0n) is 16.3. The molecule has 0 unspecified atom stereocenters. The summed E-state index contributed by atoms with van der Waals surface area (Å²) >= 11 is 6.05. The molecule has 0 radical (unpaired) electrons. The maximum atomic E-state index is 13.0. The number of rotatable bonds is 5. The topological polar surface area (TPSA) is 53.0 Å². The number of phenolic OH excluding ortho intramolecular Hbond substituents is 1. The molecule has 30 heavy (non-hydrogen) atoms. The highest BCUT2D eigenvalue weighted by atomic mass is 35.5. The Morgan fingerprint density at radius 1 is 1.03 bits per heavy atom. The summed E-state index contributed by atoms with van der Waals surface area (Å²) in [5.74, 6) is 0.601. The minimum atomic E-state index is -2.95. The van der Waals surface area contributed by atoms with E-state index in [9.17, 15) is 18.7 Å². The maximum Gasteiger partial charge on any atom is 0.387 e. The monoisotopic (exact) mass is 436 g/mol. The summed E-state index contributed by atoms with van der Waals surface area (Å²) in [6.07, 6.45) is 2.63. The largest absolute Gasteiger partial charge is 0.508 e. The number of hydrogen-bond acceptors (Lipinski definition) is 4. The summed E-state index contributed by atoms with van der Waals surface area (Å²) in [5.41, 5.74) is 1.81. The van der Waals surface area contributed by atoms with E-state index in [0.29, 0.717) is 18.2 Å². The number of ether oxygens (including phenoxy) is 1. The Hall–Kier alpha value is -2.38. The molecule has 0 spiro atoms. The molecule has 2 fully saturated rings. The third-order valence-electron chi connectivity index (χ3n) is 5.96. The van der Waals surface area contributed by atoms with Crippen LogP contribution in [0.15, 0.2) is 42.5 Å². The first kappa shape index (κ1) is 20.9. The molecule has 2 saturated heterocycles. The van der Waals surface area contributed by atoms with Crippen LogP contribution in [0.2, 0.25) is 5.02 Å². The van der Waals surface area contributed by atoms with Crippen LogP contribution in [0.5, 0.6) is 11.5 Å². The first-order valence-corrected chi connectivity index (χ1v) is 10.4. The smallest absolute Gasteiger partial charge is 0.387 e. The summed E-state index contributed by atoms with van der Waals surface area (Å²) in [6.45, 7) is -0.724. The van der Waals surface area contributed by atoms with Crippen molar-refractivity contribution in [2.75, 3.05) is 24.5 Å². The van der Waals surface area contributed by atoms with E-state index in [1.807, 2.05) is 12.1 Å². The van der Waals surface area contributed by atoms with Gasteiger partial charge in [-0.1, -0.05) is 23.7 Å². The van der Waals surface area contributed by atoms with Crippen molar-refractivity contribution in [1.82, 2.24) is 4.90 Å². The number of carbonyl (C=O) groups excluding carboxylic acids is 1. The minimum Gasteiger partial charge on any atom is -0.508 e.